The molecule has 2 aromatic heterocycles. The molecule has 0 aliphatic carbocycles. The van der Waals surface area contributed by atoms with Gasteiger partial charge in [0.25, 0.3) is 11.8 Å². The van der Waals surface area contributed by atoms with Crippen LogP contribution >= 0.6 is 34.4 Å². The molecule has 0 unspecified atom stereocenters. The van der Waals surface area contributed by atoms with Crippen LogP contribution in [0.3, 0.4) is 0 Å². The monoisotopic (exact) mass is 602 g/mol. The van der Waals surface area contributed by atoms with Crippen molar-refractivity contribution in [3.05, 3.63) is 68.7 Å². The predicted molar refractivity (Wildman–Crippen MR) is 166 cm³/mol. The van der Waals surface area contributed by atoms with Gasteiger partial charge in [0.15, 0.2) is 0 Å². The van der Waals surface area contributed by atoms with E-state index < -0.39 is 0 Å². The lowest BCUT2D eigenvalue weighted by molar-refractivity contribution is 0.101. The molecule has 2 aliphatic heterocycles. The maximum Gasteiger partial charge on any atom is 0.257 e. The highest BCUT2D eigenvalue weighted by Gasteiger charge is 2.17. The summed E-state index contributed by atoms with van der Waals surface area (Å²) in [5.41, 5.74) is 7.30. The lowest BCUT2D eigenvalue weighted by Gasteiger charge is -2.03. The van der Waals surface area contributed by atoms with Crippen LogP contribution in [0.15, 0.2) is 46.4 Å². The molecular weight excluding hydrogens is 577 g/mol. The Balaban J connectivity index is 0.912. The van der Waals surface area contributed by atoms with Gasteiger partial charge in [-0.25, -0.2) is 0 Å². The second-order valence-corrected chi connectivity index (χ2v) is 13.1. The maximum atomic E-state index is 12.7. The van der Waals surface area contributed by atoms with Gasteiger partial charge in [0.1, 0.15) is 10.0 Å². The first-order chi connectivity index (χ1) is 19.9. The third kappa shape index (κ3) is 6.58. The third-order valence-corrected chi connectivity index (χ3v) is 9.28. The Morgan fingerprint density at radius 3 is 1.66 bits per heavy atom. The van der Waals surface area contributed by atoms with Crippen LogP contribution in [0.5, 0.6) is 0 Å². The van der Waals surface area contributed by atoms with Crippen LogP contribution in [0, 0.1) is 0 Å². The summed E-state index contributed by atoms with van der Waals surface area (Å²) < 4.78 is 0. The standard InChI is InChI=1S/C28H26N8O2S3/c1-15-11-19-13-17(3-5-21(19)29-15)25(37)31-27-35-33-23(40-27)7-9-39-10-8-24-34-36-28(41-24)32-26(38)18-4-6-22-20(14-18)12-16(2)30-22/h3-6,13-14H,7-12H2,1-2H3,(H,31,35,37)(H,32,36,38). The lowest BCUT2D eigenvalue weighted by Crippen LogP contribution is -2.12. The number of hydrogen-bond acceptors (Lipinski definition) is 11. The fourth-order valence-corrected chi connectivity index (χ4v) is 7.17. The smallest absolute Gasteiger partial charge is 0.257 e. The zero-order valence-electron chi connectivity index (χ0n) is 22.4. The number of aliphatic imine (C=N–C) groups is 2. The van der Waals surface area contributed by atoms with Crippen LogP contribution in [-0.4, -0.2) is 55.1 Å². The Morgan fingerprint density at radius 2 is 1.20 bits per heavy atom. The SMILES string of the molecule is CC1=Nc2ccc(C(=O)Nc3nnc(CCSCCc4nnc(NC(=O)c5ccc6c(c5)CC(C)=N6)s4)s3)cc2C1. The van der Waals surface area contributed by atoms with E-state index in [2.05, 4.69) is 41.0 Å². The molecule has 2 N–H and O–H groups in total. The molecule has 0 spiro atoms. The largest absolute Gasteiger partial charge is 0.296 e. The average molecular weight is 603 g/mol. The van der Waals surface area contributed by atoms with Gasteiger partial charge in [-0.3, -0.25) is 30.2 Å². The van der Waals surface area contributed by atoms with Crippen molar-refractivity contribution in [2.75, 3.05) is 22.1 Å². The molecule has 0 radical (unpaired) electrons. The zero-order chi connectivity index (χ0) is 28.3. The van der Waals surface area contributed by atoms with Crippen molar-refractivity contribution in [1.29, 1.82) is 0 Å². The Morgan fingerprint density at radius 1 is 0.732 bits per heavy atom. The van der Waals surface area contributed by atoms with E-state index in [4.69, 9.17) is 0 Å². The Kier molecular flexibility index (Phi) is 7.99. The summed E-state index contributed by atoms with van der Waals surface area (Å²) in [4.78, 5) is 34.3. The molecule has 13 heteroatoms. The van der Waals surface area contributed by atoms with Gasteiger partial charge in [0.05, 0.1) is 11.4 Å². The van der Waals surface area contributed by atoms with E-state index in [1.54, 1.807) is 23.9 Å². The van der Waals surface area contributed by atoms with Crippen molar-refractivity contribution < 1.29 is 9.59 Å². The number of amides is 2. The van der Waals surface area contributed by atoms with Crippen molar-refractivity contribution in [1.82, 2.24) is 20.4 Å². The number of fused-ring (bicyclic) bond motifs is 2. The van der Waals surface area contributed by atoms with E-state index in [1.165, 1.54) is 22.7 Å². The first-order valence-corrected chi connectivity index (χ1v) is 15.9. The number of carbonyl (C=O) groups is 2. The number of carbonyl (C=O) groups excluding carboxylic acids is 2. The number of hydrogen-bond donors (Lipinski definition) is 2. The van der Waals surface area contributed by atoms with E-state index in [9.17, 15) is 9.59 Å². The minimum atomic E-state index is -0.195. The van der Waals surface area contributed by atoms with E-state index in [0.717, 1.165) is 81.1 Å². The number of aryl methyl sites for hydroxylation is 2. The number of benzene rings is 2. The number of rotatable bonds is 10. The number of anilines is 2. The van der Waals surface area contributed by atoms with Gasteiger partial charge in [0, 0.05) is 48.2 Å². The molecule has 4 heterocycles. The Bertz CT molecular complexity index is 1580. The van der Waals surface area contributed by atoms with E-state index >= 15 is 0 Å². The summed E-state index contributed by atoms with van der Waals surface area (Å²) in [7, 11) is 0. The summed E-state index contributed by atoms with van der Waals surface area (Å²) in [5.74, 6) is 1.35. The number of nitrogens with zero attached hydrogens (tertiary/aromatic N) is 6. The molecule has 2 aliphatic rings. The molecule has 10 nitrogen and oxygen atoms in total. The summed E-state index contributed by atoms with van der Waals surface area (Å²) in [6.07, 6.45) is 3.08. The van der Waals surface area contributed by atoms with Gasteiger partial charge in [-0.2, -0.15) is 11.8 Å². The maximum absolute atomic E-state index is 12.7. The first-order valence-electron chi connectivity index (χ1n) is 13.1. The Hall–Kier alpha value is -3.81. The van der Waals surface area contributed by atoms with Gasteiger partial charge in [-0.1, -0.05) is 22.7 Å². The van der Waals surface area contributed by atoms with Gasteiger partial charge in [-0.05, 0) is 72.9 Å². The van der Waals surface area contributed by atoms with Crippen molar-refractivity contribution in [2.24, 2.45) is 9.98 Å². The highest BCUT2D eigenvalue weighted by molar-refractivity contribution is 7.99. The molecular formula is C28H26N8O2S3. The van der Waals surface area contributed by atoms with Crippen LogP contribution in [0.25, 0.3) is 0 Å². The number of aromatic nitrogens is 4. The minimum Gasteiger partial charge on any atom is -0.296 e. The molecule has 0 bridgehead atoms. The molecule has 0 fully saturated rings. The van der Waals surface area contributed by atoms with Crippen molar-refractivity contribution >= 4 is 79.3 Å². The van der Waals surface area contributed by atoms with E-state index in [1.807, 2.05) is 38.1 Å². The molecule has 4 aromatic rings. The zero-order valence-corrected chi connectivity index (χ0v) is 24.9. The normalized spacial score (nSPS) is 13.4. The summed E-state index contributed by atoms with van der Waals surface area (Å²) in [6, 6.07) is 11.1. The summed E-state index contributed by atoms with van der Waals surface area (Å²) in [6.45, 7) is 3.98. The topological polar surface area (TPSA) is 134 Å². The summed E-state index contributed by atoms with van der Waals surface area (Å²) >= 11 is 4.57. The van der Waals surface area contributed by atoms with Gasteiger partial charge >= 0.3 is 0 Å². The van der Waals surface area contributed by atoms with Gasteiger partial charge < -0.3 is 0 Å². The molecule has 2 aromatic carbocycles. The minimum absolute atomic E-state index is 0.195. The third-order valence-electron chi connectivity index (χ3n) is 6.49. The average Bonchev–Trinajstić information content (AvgIpc) is 3.73. The van der Waals surface area contributed by atoms with Gasteiger partial charge in [0.2, 0.25) is 10.3 Å². The number of nitrogens with one attached hydrogen (secondary N) is 2. The molecule has 41 heavy (non-hydrogen) atoms. The highest BCUT2D eigenvalue weighted by atomic mass is 32.2. The van der Waals surface area contributed by atoms with E-state index in [0.29, 0.717) is 21.4 Å². The fraction of sp³-hybridized carbons (Fsp3) is 0.286. The van der Waals surface area contributed by atoms with Crippen LogP contribution in [0.1, 0.15) is 55.7 Å². The molecule has 2 amide bonds. The lowest BCUT2D eigenvalue weighted by atomic mass is 10.1. The molecule has 0 saturated heterocycles. The van der Waals surface area contributed by atoms with Crippen molar-refractivity contribution in [3.63, 3.8) is 0 Å². The predicted octanol–water partition coefficient (Wildman–Crippen LogP) is 5.71. The van der Waals surface area contributed by atoms with Crippen LogP contribution in [0.4, 0.5) is 21.6 Å². The Labute approximate surface area is 248 Å². The van der Waals surface area contributed by atoms with Crippen molar-refractivity contribution in [3.8, 4) is 0 Å². The quantitative estimate of drug-likeness (QED) is 0.222. The van der Waals surface area contributed by atoms with Crippen LogP contribution in [0.2, 0.25) is 0 Å². The fourth-order valence-electron chi connectivity index (χ4n) is 4.57. The summed E-state index contributed by atoms with van der Waals surface area (Å²) in [5, 5.41) is 25.2. The van der Waals surface area contributed by atoms with Crippen LogP contribution < -0.4 is 10.6 Å². The number of thioether (sulfide) groups is 1. The molecule has 6 rings (SSSR count). The molecule has 0 atom stereocenters. The van der Waals surface area contributed by atoms with E-state index in [-0.39, 0.29) is 11.8 Å². The molecule has 0 saturated carbocycles. The van der Waals surface area contributed by atoms with Crippen LogP contribution in [-0.2, 0) is 25.7 Å². The van der Waals surface area contributed by atoms with Gasteiger partial charge in [-0.15, -0.1) is 20.4 Å². The molecule has 208 valence electrons. The highest BCUT2D eigenvalue weighted by Crippen LogP contribution is 2.29. The van der Waals surface area contributed by atoms with Crippen molar-refractivity contribution in [2.45, 2.75) is 39.5 Å². The second kappa shape index (κ2) is 12.0. The first kappa shape index (κ1) is 27.4. The second-order valence-electron chi connectivity index (χ2n) is 9.76.